The summed E-state index contributed by atoms with van der Waals surface area (Å²) in [7, 11) is 0. The number of rotatable bonds is 3. The number of benzene rings is 1. The van der Waals surface area contributed by atoms with E-state index in [0.717, 1.165) is 10.2 Å². The van der Waals surface area contributed by atoms with Gasteiger partial charge in [0.05, 0.1) is 19.4 Å². The van der Waals surface area contributed by atoms with Gasteiger partial charge in [0, 0.05) is 0 Å². The second-order valence-corrected chi connectivity index (χ2v) is 7.70. The predicted octanol–water partition coefficient (Wildman–Crippen LogP) is 5.39. The predicted molar refractivity (Wildman–Crippen MR) is 91.0 cm³/mol. The lowest BCUT2D eigenvalue weighted by atomic mass is 10.0. The summed E-state index contributed by atoms with van der Waals surface area (Å²) in [6.07, 6.45) is 0. The number of carbonyl (C=O) groups is 1. The van der Waals surface area contributed by atoms with Gasteiger partial charge in [-0.2, -0.15) is 0 Å². The van der Waals surface area contributed by atoms with Crippen molar-refractivity contribution in [2.75, 3.05) is 5.32 Å². The van der Waals surface area contributed by atoms with Gasteiger partial charge in [0.2, 0.25) is 0 Å². The van der Waals surface area contributed by atoms with Crippen LogP contribution in [0.4, 0.5) is 5.13 Å². The second-order valence-electron chi connectivity index (χ2n) is 4.96. The molecule has 0 saturated heterocycles. The van der Waals surface area contributed by atoms with Crippen LogP contribution in [0.25, 0.3) is 10.2 Å². The van der Waals surface area contributed by atoms with E-state index in [1.54, 1.807) is 12.1 Å². The number of nitrogens with one attached hydrogen (secondary N) is 1. The fourth-order valence-corrected chi connectivity index (χ4v) is 3.80. The first-order chi connectivity index (χ1) is 10.0. The molecule has 0 aliphatic carbocycles. The molecule has 1 aromatic carbocycles. The van der Waals surface area contributed by atoms with E-state index >= 15 is 0 Å². The Kier molecular flexibility index (Phi) is 3.97. The highest BCUT2D eigenvalue weighted by molar-refractivity contribution is 7.22. The number of aromatic nitrogens is 1. The number of amides is 1. The Hall–Kier alpha value is -1.43. The summed E-state index contributed by atoms with van der Waals surface area (Å²) in [4.78, 5) is 17.1. The van der Waals surface area contributed by atoms with Gasteiger partial charge in [0.25, 0.3) is 5.91 Å². The van der Waals surface area contributed by atoms with Crippen molar-refractivity contribution in [2.24, 2.45) is 0 Å². The van der Waals surface area contributed by atoms with Gasteiger partial charge in [-0.15, -0.1) is 11.3 Å². The van der Waals surface area contributed by atoms with E-state index in [9.17, 15) is 4.79 Å². The van der Waals surface area contributed by atoms with Crippen LogP contribution in [-0.4, -0.2) is 10.9 Å². The minimum atomic E-state index is -0.171. The van der Waals surface area contributed by atoms with Crippen molar-refractivity contribution in [2.45, 2.75) is 19.8 Å². The number of nitrogens with zero attached hydrogens (tertiary/aromatic N) is 1. The highest BCUT2D eigenvalue weighted by Crippen LogP contribution is 2.30. The molecule has 21 heavy (non-hydrogen) atoms. The maximum Gasteiger partial charge on any atom is 0.267 e. The van der Waals surface area contributed by atoms with Crippen LogP contribution < -0.4 is 5.32 Å². The quantitative estimate of drug-likeness (QED) is 0.697. The van der Waals surface area contributed by atoms with Crippen LogP contribution in [0.2, 0.25) is 4.34 Å². The number of hydrogen-bond acceptors (Lipinski definition) is 4. The molecule has 2 aromatic heterocycles. The number of hydrogen-bond donors (Lipinski definition) is 1. The number of thiazole rings is 1. The Morgan fingerprint density at radius 1 is 1.24 bits per heavy atom. The smallest absolute Gasteiger partial charge is 0.267 e. The summed E-state index contributed by atoms with van der Waals surface area (Å²) < 4.78 is 1.69. The van der Waals surface area contributed by atoms with Crippen LogP contribution >= 0.6 is 34.3 Å². The lowest BCUT2D eigenvalue weighted by Crippen LogP contribution is -2.09. The first-order valence-corrected chi connectivity index (χ1v) is 8.51. The third-order valence-corrected chi connectivity index (χ3v) is 5.26. The van der Waals surface area contributed by atoms with Gasteiger partial charge >= 0.3 is 0 Å². The molecule has 0 aliphatic rings. The molecule has 3 aromatic rings. The van der Waals surface area contributed by atoms with Crippen molar-refractivity contribution < 1.29 is 4.79 Å². The highest BCUT2D eigenvalue weighted by atomic mass is 35.5. The molecule has 3 nitrogen and oxygen atoms in total. The van der Waals surface area contributed by atoms with Crippen LogP contribution in [0.1, 0.15) is 35.0 Å². The third-order valence-electron chi connectivity index (χ3n) is 3.10. The Balaban J connectivity index is 1.86. The minimum absolute atomic E-state index is 0.171. The maximum atomic E-state index is 12.1. The molecule has 0 spiro atoms. The number of halogens is 1. The Labute approximate surface area is 135 Å². The molecular formula is C15H13ClN2OS2. The van der Waals surface area contributed by atoms with E-state index in [0.29, 0.717) is 20.3 Å². The first kappa shape index (κ1) is 14.5. The van der Waals surface area contributed by atoms with Gasteiger partial charge in [-0.1, -0.05) is 42.9 Å². The Morgan fingerprint density at radius 2 is 2.05 bits per heavy atom. The average Bonchev–Trinajstić information content (AvgIpc) is 3.03. The molecule has 0 unspecified atom stereocenters. The van der Waals surface area contributed by atoms with Crippen LogP contribution in [0.5, 0.6) is 0 Å². The first-order valence-electron chi connectivity index (χ1n) is 6.50. The number of thiophene rings is 1. The summed E-state index contributed by atoms with van der Waals surface area (Å²) in [5.41, 5.74) is 2.18. The van der Waals surface area contributed by atoms with Crippen LogP contribution in [-0.2, 0) is 0 Å². The molecule has 0 atom stereocenters. The molecule has 1 N–H and O–H groups in total. The summed E-state index contributed by atoms with van der Waals surface area (Å²) in [6.45, 7) is 4.32. The highest BCUT2D eigenvalue weighted by Gasteiger charge is 2.12. The fraction of sp³-hybridized carbons (Fsp3) is 0.200. The van der Waals surface area contributed by atoms with E-state index in [1.807, 2.05) is 6.07 Å². The van der Waals surface area contributed by atoms with E-state index < -0.39 is 0 Å². The number of anilines is 1. The number of carbonyl (C=O) groups excluding carboxylic acids is 1. The topological polar surface area (TPSA) is 42.0 Å². The zero-order chi connectivity index (χ0) is 15.0. The molecule has 0 saturated carbocycles. The number of fused-ring (bicyclic) bond motifs is 1. The van der Waals surface area contributed by atoms with Crippen molar-refractivity contribution in [3.63, 3.8) is 0 Å². The fourth-order valence-electron chi connectivity index (χ4n) is 1.95. The second kappa shape index (κ2) is 5.75. The molecule has 108 valence electrons. The molecule has 2 heterocycles. The minimum Gasteiger partial charge on any atom is -0.297 e. The van der Waals surface area contributed by atoms with Gasteiger partial charge in [-0.25, -0.2) is 4.98 Å². The zero-order valence-electron chi connectivity index (χ0n) is 11.5. The summed E-state index contributed by atoms with van der Waals surface area (Å²) in [5.74, 6) is 0.304. The molecular weight excluding hydrogens is 324 g/mol. The van der Waals surface area contributed by atoms with Crippen molar-refractivity contribution in [1.29, 1.82) is 0 Å². The lowest BCUT2D eigenvalue weighted by Gasteiger charge is -2.03. The molecule has 3 rings (SSSR count). The van der Waals surface area contributed by atoms with Gasteiger partial charge < -0.3 is 0 Å². The van der Waals surface area contributed by atoms with Crippen molar-refractivity contribution >= 4 is 55.5 Å². The summed E-state index contributed by atoms with van der Waals surface area (Å²) in [5, 5.41) is 3.44. The van der Waals surface area contributed by atoms with E-state index in [2.05, 4.69) is 36.3 Å². The van der Waals surface area contributed by atoms with E-state index in [4.69, 9.17) is 11.6 Å². The monoisotopic (exact) mass is 336 g/mol. The Morgan fingerprint density at radius 3 is 2.71 bits per heavy atom. The zero-order valence-corrected chi connectivity index (χ0v) is 13.9. The normalized spacial score (nSPS) is 11.2. The lowest BCUT2D eigenvalue weighted by molar-refractivity contribution is 0.103. The maximum absolute atomic E-state index is 12.1. The molecule has 0 radical (unpaired) electrons. The molecule has 0 fully saturated rings. The summed E-state index contributed by atoms with van der Waals surface area (Å²) in [6, 6.07) is 9.65. The Bertz CT molecular complexity index is 807. The third kappa shape index (κ3) is 3.10. The van der Waals surface area contributed by atoms with Crippen LogP contribution in [0.3, 0.4) is 0 Å². The van der Waals surface area contributed by atoms with Gasteiger partial charge in [-0.3, -0.25) is 10.1 Å². The summed E-state index contributed by atoms with van der Waals surface area (Å²) >= 11 is 8.59. The van der Waals surface area contributed by atoms with Crippen LogP contribution in [0, 0.1) is 0 Å². The van der Waals surface area contributed by atoms with Crippen molar-refractivity contribution in [3.8, 4) is 0 Å². The molecule has 6 heteroatoms. The van der Waals surface area contributed by atoms with Gasteiger partial charge in [-0.05, 0) is 35.7 Å². The molecule has 0 aliphatic heterocycles. The standard InChI is InChI=1S/C15H13ClN2OS2/c1-8(2)9-3-4-10-12(7-9)21-15(17-10)18-14(19)11-5-6-13(16)20-11/h3-8H,1-2H3,(H,17,18,19). The largest absolute Gasteiger partial charge is 0.297 e. The molecule has 0 bridgehead atoms. The van der Waals surface area contributed by atoms with Crippen molar-refractivity contribution in [1.82, 2.24) is 4.98 Å². The van der Waals surface area contributed by atoms with Crippen molar-refractivity contribution in [3.05, 3.63) is 45.1 Å². The van der Waals surface area contributed by atoms with E-state index in [-0.39, 0.29) is 5.91 Å². The van der Waals surface area contributed by atoms with E-state index in [1.165, 1.54) is 28.2 Å². The van der Waals surface area contributed by atoms with Gasteiger partial charge in [0.15, 0.2) is 5.13 Å². The van der Waals surface area contributed by atoms with Gasteiger partial charge in [0.1, 0.15) is 0 Å². The van der Waals surface area contributed by atoms with Crippen LogP contribution in [0.15, 0.2) is 30.3 Å². The average molecular weight is 337 g/mol. The molecule has 1 amide bonds. The SMILES string of the molecule is CC(C)c1ccc2nc(NC(=O)c3ccc(Cl)s3)sc2c1.